The van der Waals surface area contributed by atoms with Gasteiger partial charge in [0.1, 0.15) is 0 Å². The number of amides is 2. The molecule has 0 aromatic heterocycles. The SMILES string of the molecule is CNC(=O)COc1ccc(C(=O)NCC(N)C2CC2)cc1OC.Cl. The van der Waals surface area contributed by atoms with E-state index in [1.165, 1.54) is 14.2 Å². The van der Waals surface area contributed by atoms with Crippen LogP contribution in [0, 0.1) is 5.92 Å². The van der Waals surface area contributed by atoms with Crippen LogP contribution in [0.4, 0.5) is 0 Å². The first-order valence-corrected chi connectivity index (χ1v) is 7.60. The van der Waals surface area contributed by atoms with Gasteiger partial charge in [0, 0.05) is 25.2 Å². The summed E-state index contributed by atoms with van der Waals surface area (Å²) in [4.78, 5) is 23.4. The van der Waals surface area contributed by atoms with Gasteiger partial charge in [-0.1, -0.05) is 0 Å². The lowest BCUT2D eigenvalue weighted by molar-refractivity contribution is -0.122. The van der Waals surface area contributed by atoms with E-state index in [0.29, 0.717) is 29.5 Å². The van der Waals surface area contributed by atoms with E-state index in [2.05, 4.69) is 10.6 Å². The van der Waals surface area contributed by atoms with Crippen molar-refractivity contribution in [2.24, 2.45) is 11.7 Å². The number of benzene rings is 1. The number of nitrogens with two attached hydrogens (primary N) is 1. The van der Waals surface area contributed by atoms with Crippen LogP contribution in [0.25, 0.3) is 0 Å². The predicted octanol–water partition coefficient (Wildman–Crippen LogP) is 0.709. The lowest BCUT2D eigenvalue weighted by Gasteiger charge is -2.13. The molecule has 2 amide bonds. The normalized spacial score (nSPS) is 14.1. The molecule has 1 aromatic rings. The molecule has 134 valence electrons. The number of hydrogen-bond acceptors (Lipinski definition) is 5. The van der Waals surface area contributed by atoms with Gasteiger partial charge in [-0.3, -0.25) is 9.59 Å². The summed E-state index contributed by atoms with van der Waals surface area (Å²) in [6, 6.07) is 4.82. The Morgan fingerprint density at radius 3 is 2.62 bits per heavy atom. The minimum absolute atomic E-state index is 0. The second-order valence-electron chi connectivity index (χ2n) is 5.54. The molecule has 1 aromatic carbocycles. The molecule has 0 radical (unpaired) electrons. The Morgan fingerprint density at radius 2 is 2.04 bits per heavy atom. The van der Waals surface area contributed by atoms with E-state index >= 15 is 0 Å². The zero-order chi connectivity index (χ0) is 16.8. The fourth-order valence-corrected chi connectivity index (χ4v) is 2.15. The van der Waals surface area contributed by atoms with Crippen LogP contribution in [0.5, 0.6) is 11.5 Å². The van der Waals surface area contributed by atoms with E-state index in [1.807, 2.05) is 0 Å². The lowest BCUT2D eigenvalue weighted by Crippen LogP contribution is -2.38. The van der Waals surface area contributed by atoms with Gasteiger partial charge in [0.15, 0.2) is 18.1 Å². The van der Waals surface area contributed by atoms with Gasteiger partial charge in [0.2, 0.25) is 0 Å². The zero-order valence-corrected chi connectivity index (χ0v) is 14.7. The fraction of sp³-hybridized carbons (Fsp3) is 0.500. The third-order valence-electron chi connectivity index (χ3n) is 3.79. The first kappa shape index (κ1) is 20.1. The van der Waals surface area contributed by atoms with Crippen LogP contribution in [0.1, 0.15) is 23.2 Å². The van der Waals surface area contributed by atoms with Crippen molar-refractivity contribution in [2.75, 3.05) is 27.3 Å². The van der Waals surface area contributed by atoms with E-state index in [0.717, 1.165) is 12.8 Å². The summed E-state index contributed by atoms with van der Waals surface area (Å²) in [7, 11) is 3.01. The molecule has 1 aliphatic carbocycles. The van der Waals surface area contributed by atoms with Crippen LogP contribution < -0.4 is 25.8 Å². The maximum atomic E-state index is 12.2. The molecular weight excluding hydrogens is 334 g/mol. The number of carbonyl (C=O) groups is 2. The molecular formula is C16H24ClN3O4. The summed E-state index contributed by atoms with van der Waals surface area (Å²) in [5.41, 5.74) is 6.43. The number of ether oxygens (including phenoxy) is 2. The smallest absolute Gasteiger partial charge is 0.257 e. The minimum Gasteiger partial charge on any atom is -0.493 e. The van der Waals surface area contributed by atoms with Gasteiger partial charge < -0.3 is 25.8 Å². The average Bonchev–Trinajstić information content (AvgIpc) is 3.41. The van der Waals surface area contributed by atoms with E-state index in [4.69, 9.17) is 15.2 Å². The molecule has 1 fully saturated rings. The number of methoxy groups -OCH3 is 1. The summed E-state index contributed by atoms with van der Waals surface area (Å²) >= 11 is 0. The topological polar surface area (TPSA) is 103 Å². The Balaban J connectivity index is 0.00000288. The van der Waals surface area contributed by atoms with Crippen LogP contribution in [-0.2, 0) is 4.79 Å². The van der Waals surface area contributed by atoms with Gasteiger partial charge >= 0.3 is 0 Å². The molecule has 1 atom stereocenters. The maximum absolute atomic E-state index is 12.2. The number of rotatable bonds is 8. The summed E-state index contributed by atoms with van der Waals surface area (Å²) < 4.78 is 10.6. The molecule has 0 bridgehead atoms. The Bertz CT molecular complexity index is 578. The van der Waals surface area contributed by atoms with Gasteiger partial charge in [-0.25, -0.2) is 0 Å². The highest BCUT2D eigenvalue weighted by molar-refractivity contribution is 5.94. The number of nitrogens with one attached hydrogen (secondary N) is 2. The first-order chi connectivity index (χ1) is 11.0. The van der Waals surface area contributed by atoms with Gasteiger partial charge in [0.05, 0.1) is 7.11 Å². The summed E-state index contributed by atoms with van der Waals surface area (Å²) in [5.74, 6) is 0.876. The predicted molar refractivity (Wildman–Crippen MR) is 92.8 cm³/mol. The van der Waals surface area contributed by atoms with Crippen LogP contribution in [0.2, 0.25) is 0 Å². The van der Waals surface area contributed by atoms with Crippen molar-refractivity contribution >= 4 is 24.2 Å². The van der Waals surface area contributed by atoms with Gasteiger partial charge in [-0.15, -0.1) is 12.4 Å². The molecule has 0 heterocycles. The van der Waals surface area contributed by atoms with E-state index in [-0.39, 0.29) is 36.9 Å². The molecule has 0 aliphatic heterocycles. The lowest BCUT2D eigenvalue weighted by atomic mass is 10.1. The van der Waals surface area contributed by atoms with Crippen molar-refractivity contribution in [3.8, 4) is 11.5 Å². The van der Waals surface area contributed by atoms with Gasteiger partial charge in [-0.2, -0.15) is 0 Å². The van der Waals surface area contributed by atoms with Crippen LogP contribution in [-0.4, -0.2) is 45.2 Å². The first-order valence-electron chi connectivity index (χ1n) is 7.60. The van der Waals surface area contributed by atoms with E-state index < -0.39 is 0 Å². The average molecular weight is 358 g/mol. The molecule has 2 rings (SSSR count). The van der Waals surface area contributed by atoms with Crippen molar-refractivity contribution in [3.63, 3.8) is 0 Å². The second kappa shape index (κ2) is 9.34. The number of halogens is 1. The standard InChI is InChI=1S/C16H23N3O4.ClH/c1-18-15(20)9-23-13-6-5-11(7-14(13)22-2)16(21)19-8-12(17)10-3-4-10;/h5-7,10,12H,3-4,8-9,17H2,1-2H3,(H,18,20)(H,19,21);1H. The molecule has 1 aliphatic rings. The molecule has 0 saturated heterocycles. The number of carbonyl (C=O) groups excluding carboxylic acids is 2. The van der Waals surface area contributed by atoms with Crippen molar-refractivity contribution in [1.29, 1.82) is 0 Å². The van der Waals surface area contributed by atoms with Crippen molar-refractivity contribution in [1.82, 2.24) is 10.6 Å². The highest BCUT2D eigenvalue weighted by atomic mass is 35.5. The quantitative estimate of drug-likeness (QED) is 0.636. The van der Waals surface area contributed by atoms with E-state index in [1.54, 1.807) is 18.2 Å². The van der Waals surface area contributed by atoms with Crippen LogP contribution in [0.3, 0.4) is 0 Å². The fourth-order valence-electron chi connectivity index (χ4n) is 2.15. The molecule has 1 unspecified atom stereocenters. The molecule has 24 heavy (non-hydrogen) atoms. The monoisotopic (exact) mass is 357 g/mol. The molecule has 8 heteroatoms. The van der Waals surface area contributed by atoms with Crippen LogP contribution in [0.15, 0.2) is 18.2 Å². The number of hydrogen-bond donors (Lipinski definition) is 3. The Hall–Kier alpha value is -1.99. The Morgan fingerprint density at radius 1 is 1.33 bits per heavy atom. The largest absolute Gasteiger partial charge is 0.493 e. The maximum Gasteiger partial charge on any atom is 0.257 e. The molecule has 4 N–H and O–H groups in total. The van der Waals surface area contributed by atoms with E-state index in [9.17, 15) is 9.59 Å². The number of likely N-dealkylation sites (N-methyl/N-ethyl adjacent to an activating group) is 1. The third kappa shape index (κ3) is 5.58. The third-order valence-corrected chi connectivity index (χ3v) is 3.79. The molecule has 0 spiro atoms. The highest BCUT2D eigenvalue weighted by Crippen LogP contribution is 2.31. The molecule has 7 nitrogen and oxygen atoms in total. The summed E-state index contributed by atoms with van der Waals surface area (Å²) in [6.07, 6.45) is 2.28. The van der Waals surface area contributed by atoms with Crippen molar-refractivity contribution in [3.05, 3.63) is 23.8 Å². The van der Waals surface area contributed by atoms with Crippen molar-refractivity contribution < 1.29 is 19.1 Å². The van der Waals surface area contributed by atoms with Crippen molar-refractivity contribution in [2.45, 2.75) is 18.9 Å². The Labute approximate surface area is 147 Å². The van der Waals surface area contributed by atoms with Gasteiger partial charge in [0.25, 0.3) is 11.8 Å². The zero-order valence-electron chi connectivity index (χ0n) is 13.8. The molecule has 1 saturated carbocycles. The minimum atomic E-state index is -0.247. The van der Waals surface area contributed by atoms with Gasteiger partial charge in [-0.05, 0) is 37.0 Å². The Kier molecular flexibility index (Phi) is 7.81. The summed E-state index contributed by atoms with van der Waals surface area (Å²) in [5, 5.41) is 5.29. The second-order valence-corrected chi connectivity index (χ2v) is 5.54. The van der Waals surface area contributed by atoms with Crippen LogP contribution >= 0.6 is 12.4 Å². The summed E-state index contributed by atoms with van der Waals surface area (Å²) in [6.45, 7) is 0.343. The highest BCUT2D eigenvalue weighted by Gasteiger charge is 2.28.